The van der Waals surface area contributed by atoms with Crippen LogP contribution in [0.2, 0.25) is 0 Å². The third-order valence-corrected chi connectivity index (χ3v) is 5.22. The van der Waals surface area contributed by atoms with Crippen molar-refractivity contribution in [1.82, 2.24) is 4.31 Å². The molecule has 2 heterocycles. The van der Waals surface area contributed by atoms with Crippen LogP contribution in [-0.4, -0.2) is 27.7 Å². The summed E-state index contributed by atoms with van der Waals surface area (Å²) in [6.07, 6.45) is 2.86. The van der Waals surface area contributed by atoms with E-state index in [1.807, 2.05) is 0 Å². The summed E-state index contributed by atoms with van der Waals surface area (Å²) in [5, 5.41) is 1.28. The van der Waals surface area contributed by atoms with Gasteiger partial charge >= 0.3 is 0 Å². The van der Waals surface area contributed by atoms with Gasteiger partial charge < -0.3 is 0 Å². The predicted molar refractivity (Wildman–Crippen MR) is 53.8 cm³/mol. The van der Waals surface area contributed by atoms with E-state index < -0.39 is 0 Å². The molecule has 64 valence electrons. The van der Waals surface area contributed by atoms with Crippen molar-refractivity contribution in [2.45, 2.75) is 25.8 Å². The molecule has 11 heavy (non-hydrogen) atoms. The van der Waals surface area contributed by atoms with Crippen LogP contribution in [0.5, 0.6) is 0 Å². The summed E-state index contributed by atoms with van der Waals surface area (Å²) in [5.74, 6) is 2.28. The first-order valence-electron chi connectivity index (χ1n) is 4.35. The maximum atomic E-state index is 2.62. The Morgan fingerprint density at radius 3 is 3.27 bits per heavy atom. The Bertz CT molecular complexity index is 140. The summed E-state index contributed by atoms with van der Waals surface area (Å²) in [5.41, 5.74) is 0. The fraction of sp³-hybridized carbons (Fsp3) is 1.00. The standard InChI is InChI=1S/C8H15NS2/c1-7-5-10-6-11-9-4-2-3-8(7)9/h7-8H,2-6H2,1H3. The number of hydrogen-bond donors (Lipinski definition) is 0. The quantitative estimate of drug-likeness (QED) is 0.539. The summed E-state index contributed by atoms with van der Waals surface area (Å²) in [4.78, 5) is 0. The molecule has 0 aromatic rings. The summed E-state index contributed by atoms with van der Waals surface area (Å²) in [6.45, 7) is 3.74. The Labute approximate surface area is 77.4 Å². The van der Waals surface area contributed by atoms with Crippen LogP contribution in [0.1, 0.15) is 19.8 Å². The lowest BCUT2D eigenvalue weighted by Crippen LogP contribution is -2.28. The zero-order valence-corrected chi connectivity index (χ0v) is 8.59. The fourth-order valence-corrected chi connectivity index (χ4v) is 4.53. The van der Waals surface area contributed by atoms with E-state index >= 15 is 0 Å². The minimum atomic E-state index is 0.898. The Morgan fingerprint density at radius 1 is 1.45 bits per heavy atom. The minimum absolute atomic E-state index is 0.898. The SMILES string of the molecule is CC1CSCSN2CCCC12. The van der Waals surface area contributed by atoms with E-state index in [0.717, 1.165) is 12.0 Å². The van der Waals surface area contributed by atoms with Crippen molar-refractivity contribution >= 4 is 23.7 Å². The molecule has 0 aromatic heterocycles. The zero-order chi connectivity index (χ0) is 7.68. The molecular formula is C8H15NS2. The monoisotopic (exact) mass is 189 g/mol. The number of thioether (sulfide) groups is 1. The van der Waals surface area contributed by atoms with E-state index in [2.05, 4.69) is 34.9 Å². The number of nitrogens with zero attached hydrogens (tertiary/aromatic N) is 1. The van der Waals surface area contributed by atoms with E-state index in [1.54, 1.807) is 0 Å². The Kier molecular flexibility index (Phi) is 2.69. The highest BCUT2D eigenvalue weighted by atomic mass is 32.2. The van der Waals surface area contributed by atoms with Gasteiger partial charge in [0.05, 0.1) is 5.08 Å². The van der Waals surface area contributed by atoms with Crippen LogP contribution in [0.3, 0.4) is 0 Å². The molecule has 2 fully saturated rings. The highest BCUT2D eigenvalue weighted by Crippen LogP contribution is 2.36. The molecule has 2 aliphatic heterocycles. The Morgan fingerprint density at radius 2 is 2.36 bits per heavy atom. The van der Waals surface area contributed by atoms with Crippen molar-refractivity contribution in [2.75, 3.05) is 17.4 Å². The molecular weight excluding hydrogens is 174 g/mol. The molecule has 0 aliphatic carbocycles. The third-order valence-electron chi connectivity index (χ3n) is 2.59. The van der Waals surface area contributed by atoms with Crippen LogP contribution in [0.25, 0.3) is 0 Å². The molecule has 2 aliphatic rings. The normalized spacial score (nSPS) is 40.1. The number of fused-ring (bicyclic) bond motifs is 1. The summed E-state index contributed by atoms with van der Waals surface area (Å²) < 4.78 is 2.62. The average Bonchev–Trinajstić information content (AvgIpc) is 2.40. The molecule has 0 bridgehead atoms. The molecule has 2 unspecified atom stereocenters. The molecule has 2 saturated heterocycles. The van der Waals surface area contributed by atoms with Gasteiger partial charge in [0.25, 0.3) is 0 Å². The first kappa shape index (κ1) is 8.27. The van der Waals surface area contributed by atoms with Crippen LogP contribution >= 0.6 is 23.7 Å². The van der Waals surface area contributed by atoms with Crippen LogP contribution in [-0.2, 0) is 0 Å². The van der Waals surface area contributed by atoms with Crippen LogP contribution < -0.4 is 0 Å². The van der Waals surface area contributed by atoms with Gasteiger partial charge in [-0.15, -0.1) is 11.8 Å². The molecule has 0 amide bonds. The zero-order valence-electron chi connectivity index (χ0n) is 6.95. The van der Waals surface area contributed by atoms with Crippen molar-refractivity contribution in [3.8, 4) is 0 Å². The van der Waals surface area contributed by atoms with Crippen molar-refractivity contribution in [1.29, 1.82) is 0 Å². The topological polar surface area (TPSA) is 3.24 Å². The molecule has 0 aromatic carbocycles. The van der Waals surface area contributed by atoms with Crippen molar-refractivity contribution < 1.29 is 0 Å². The molecule has 2 atom stereocenters. The minimum Gasteiger partial charge on any atom is -0.247 e. The Balaban J connectivity index is 2.03. The van der Waals surface area contributed by atoms with Gasteiger partial charge in [0, 0.05) is 12.6 Å². The number of hydrogen-bond acceptors (Lipinski definition) is 3. The largest absolute Gasteiger partial charge is 0.247 e. The van der Waals surface area contributed by atoms with Gasteiger partial charge in [-0.2, -0.15) is 0 Å². The van der Waals surface area contributed by atoms with Gasteiger partial charge in [-0.25, -0.2) is 4.31 Å². The first-order chi connectivity index (χ1) is 5.38. The van der Waals surface area contributed by atoms with Crippen molar-refractivity contribution in [3.63, 3.8) is 0 Å². The second-order valence-corrected chi connectivity index (χ2v) is 5.86. The molecule has 2 rings (SSSR count). The average molecular weight is 189 g/mol. The van der Waals surface area contributed by atoms with Crippen LogP contribution in [0, 0.1) is 5.92 Å². The third kappa shape index (κ3) is 1.70. The lowest BCUT2D eigenvalue weighted by atomic mass is 10.0. The molecule has 0 saturated carbocycles. The summed E-state index contributed by atoms with van der Waals surface area (Å²) >= 11 is 4.16. The van der Waals surface area contributed by atoms with Crippen LogP contribution in [0.4, 0.5) is 0 Å². The molecule has 1 nitrogen and oxygen atoms in total. The van der Waals surface area contributed by atoms with E-state index in [-0.39, 0.29) is 0 Å². The summed E-state index contributed by atoms with van der Waals surface area (Å²) in [6, 6.07) is 0.898. The van der Waals surface area contributed by atoms with Gasteiger partial charge in [-0.3, -0.25) is 0 Å². The van der Waals surface area contributed by atoms with Gasteiger partial charge in [-0.05, 0) is 24.5 Å². The van der Waals surface area contributed by atoms with Gasteiger partial charge in [-0.1, -0.05) is 18.9 Å². The number of rotatable bonds is 0. The van der Waals surface area contributed by atoms with Crippen LogP contribution in [0.15, 0.2) is 0 Å². The van der Waals surface area contributed by atoms with Crippen molar-refractivity contribution in [3.05, 3.63) is 0 Å². The van der Waals surface area contributed by atoms with E-state index in [9.17, 15) is 0 Å². The fourth-order valence-electron chi connectivity index (χ4n) is 1.94. The van der Waals surface area contributed by atoms with E-state index in [1.165, 1.54) is 30.2 Å². The second-order valence-electron chi connectivity index (χ2n) is 3.45. The van der Waals surface area contributed by atoms with Crippen molar-refractivity contribution in [2.24, 2.45) is 5.92 Å². The first-order valence-corrected chi connectivity index (χ1v) is 6.45. The maximum Gasteiger partial charge on any atom is 0.0539 e. The molecule has 0 N–H and O–H groups in total. The Hall–Kier alpha value is 0.660. The van der Waals surface area contributed by atoms with Gasteiger partial charge in [0.2, 0.25) is 0 Å². The second kappa shape index (κ2) is 3.58. The lowest BCUT2D eigenvalue weighted by Gasteiger charge is -2.23. The van der Waals surface area contributed by atoms with Gasteiger partial charge in [0.1, 0.15) is 0 Å². The maximum absolute atomic E-state index is 2.62. The smallest absolute Gasteiger partial charge is 0.0539 e. The molecule has 3 heteroatoms. The predicted octanol–water partition coefficient (Wildman–Crippen LogP) is 2.44. The highest BCUT2D eigenvalue weighted by molar-refractivity contribution is 8.15. The summed E-state index contributed by atoms with van der Waals surface area (Å²) in [7, 11) is 0. The van der Waals surface area contributed by atoms with E-state index in [4.69, 9.17) is 0 Å². The lowest BCUT2D eigenvalue weighted by molar-refractivity contribution is 0.349. The van der Waals surface area contributed by atoms with Gasteiger partial charge in [0.15, 0.2) is 0 Å². The van der Waals surface area contributed by atoms with E-state index in [0.29, 0.717) is 0 Å². The molecule has 0 spiro atoms. The molecule has 0 radical (unpaired) electrons. The highest BCUT2D eigenvalue weighted by Gasteiger charge is 2.31.